The van der Waals surface area contributed by atoms with Crippen LogP contribution in [0.4, 0.5) is 0 Å². The Morgan fingerprint density at radius 3 is 2.73 bits per heavy atom. The van der Waals surface area contributed by atoms with E-state index >= 15 is 0 Å². The van der Waals surface area contributed by atoms with Crippen LogP contribution in [0, 0.1) is 0 Å². The molecule has 0 aliphatic rings. The number of alkyl halides is 1. The first-order chi connectivity index (χ1) is 7.25. The van der Waals surface area contributed by atoms with Crippen LogP contribution in [0.5, 0.6) is 0 Å². The number of nitrogens with one attached hydrogen (secondary N) is 1. The van der Waals surface area contributed by atoms with Crippen LogP contribution in [0.25, 0.3) is 0 Å². The van der Waals surface area contributed by atoms with Crippen LogP contribution in [-0.4, -0.2) is 26.2 Å². The standard InChI is InChI=1S/C11H14BrNO2/c1-13-7-8-15-11(14)10(12)9-5-3-2-4-6-9/h2-6,10,13H,7-8H2,1H3. The van der Waals surface area contributed by atoms with Crippen molar-refractivity contribution in [3.05, 3.63) is 35.9 Å². The Labute approximate surface area is 97.9 Å². The van der Waals surface area contributed by atoms with Crippen molar-refractivity contribution >= 4 is 21.9 Å². The average Bonchev–Trinajstić information content (AvgIpc) is 2.29. The molecule has 0 heterocycles. The predicted molar refractivity (Wildman–Crippen MR) is 63.0 cm³/mol. The Morgan fingerprint density at radius 2 is 2.13 bits per heavy atom. The van der Waals surface area contributed by atoms with Gasteiger partial charge in [0.25, 0.3) is 0 Å². The molecule has 0 aliphatic carbocycles. The zero-order valence-electron chi connectivity index (χ0n) is 8.57. The zero-order valence-corrected chi connectivity index (χ0v) is 10.2. The van der Waals surface area contributed by atoms with Gasteiger partial charge >= 0.3 is 5.97 Å². The van der Waals surface area contributed by atoms with Gasteiger partial charge in [0.05, 0.1) is 0 Å². The summed E-state index contributed by atoms with van der Waals surface area (Å²) in [5.41, 5.74) is 0.909. The van der Waals surface area contributed by atoms with Crippen molar-refractivity contribution in [2.75, 3.05) is 20.2 Å². The number of carbonyl (C=O) groups excluding carboxylic acids is 1. The van der Waals surface area contributed by atoms with Crippen molar-refractivity contribution < 1.29 is 9.53 Å². The summed E-state index contributed by atoms with van der Waals surface area (Å²) in [4.78, 5) is 11.1. The third kappa shape index (κ3) is 4.01. The largest absolute Gasteiger partial charge is 0.463 e. The van der Waals surface area contributed by atoms with Gasteiger partial charge < -0.3 is 10.1 Å². The van der Waals surface area contributed by atoms with Gasteiger partial charge in [-0.3, -0.25) is 4.79 Å². The summed E-state index contributed by atoms with van der Waals surface area (Å²) in [6.07, 6.45) is 0. The molecule has 1 aromatic carbocycles. The molecule has 0 radical (unpaired) electrons. The Hall–Kier alpha value is -0.870. The van der Waals surface area contributed by atoms with Gasteiger partial charge in [0.15, 0.2) is 0 Å². The fourth-order valence-electron chi connectivity index (χ4n) is 1.08. The third-order valence-corrected chi connectivity index (χ3v) is 2.80. The van der Waals surface area contributed by atoms with E-state index in [2.05, 4.69) is 21.2 Å². The van der Waals surface area contributed by atoms with Crippen LogP contribution < -0.4 is 5.32 Å². The van der Waals surface area contributed by atoms with Gasteiger partial charge in [-0.15, -0.1) is 0 Å². The molecule has 0 amide bonds. The molecule has 0 aliphatic heterocycles. The summed E-state index contributed by atoms with van der Waals surface area (Å²) in [5.74, 6) is -0.253. The molecule has 1 aromatic rings. The van der Waals surface area contributed by atoms with Crippen LogP contribution in [0.3, 0.4) is 0 Å². The molecule has 3 nitrogen and oxygen atoms in total. The fourth-order valence-corrected chi connectivity index (χ4v) is 1.52. The summed E-state index contributed by atoms with van der Waals surface area (Å²) < 4.78 is 5.05. The molecule has 0 saturated heterocycles. The van der Waals surface area contributed by atoms with E-state index in [1.807, 2.05) is 37.4 Å². The van der Waals surface area contributed by atoms with Crippen LogP contribution in [0.15, 0.2) is 30.3 Å². The molecule has 4 heteroatoms. The second kappa shape index (κ2) is 6.58. The monoisotopic (exact) mass is 271 g/mol. The highest BCUT2D eigenvalue weighted by Gasteiger charge is 2.17. The summed E-state index contributed by atoms with van der Waals surface area (Å²) in [6.45, 7) is 1.06. The maximum absolute atomic E-state index is 11.5. The van der Waals surface area contributed by atoms with E-state index in [1.165, 1.54) is 0 Å². The van der Waals surface area contributed by atoms with E-state index in [0.29, 0.717) is 13.2 Å². The number of hydrogen-bond donors (Lipinski definition) is 1. The van der Waals surface area contributed by atoms with Crippen LogP contribution >= 0.6 is 15.9 Å². The average molecular weight is 272 g/mol. The number of likely N-dealkylation sites (N-methyl/N-ethyl adjacent to an activating group) is 1. The summed E-state index contributed by atoms with van der Waals surface area (Å²) in [5, 5.41) is 2.91. The van der Waals surface area contributed by atoms with Crippen molar-refractivity contribution in [3.63, 3.8) is 0 Å². The van der Waals surface area contributed by atoms with Gasteiger partial charge in [-0.2, -0.15) is 0 Å². The molecule has 1 rings (SSSR count). The smallest absolute Gasteiger partial charge is 0.324 e. The highest BCUT2D eigenvalue weighted by Crippen LogP contribution is 2.23. The number of rotatable bonds is 5. The van der Waals surface area contributed by atoms with E-state index in [9.17, 15) is 4.79 Å². The Balaban J connectivity index is 2.46. The minimum absolute atomic E-state index is 0.253. The molecule has 1 N–H and O–H groups in total. The molecular formula is C11H14BrNO2. The van der Waals surface area contributed by atoms with Crippen molar-refractivity contribution in [1.29, 1.82) is 0 Å². The molecule has 1 atom stereocenters. The Bertz CT molecular complexity index is 303. The quantitative estimate of drug-likeness (QED) is 0.505. The van der Waals surface area contributed by atoms with Crippen LogP contribution in [0.2, 0.25) is 0 Å². The van der Waals surface area contributed by atoms with Crippen molar-refractivity contribution in [3.8, 4) is 0 Å². The highest BCUT2D eigenvalue weighted by atomic mass is 79.9. The van der Waals surface area contributed by atoms with Gasteiger partial charge in [-0.1, -0.05) is 46.3 Å². The molecule has 0 saturated carbocycles. The molecular weight excluding hydrogens is 258 g/mol. The zero-order chi connectivity index (χ0) is 11.1. The maximum Gasteiger partial charge on any atom is 0.324 e. The topological polar surface area (TPSA) is 38.3 Å². The normalized spacial score (nSPS) is 12.1. The third-order valence-electron chi connectivity index (χ3n) is 1.90. The summed E-state index contributed by atoms with van der Waals surface area (Å²) in [7, 11) is 1.82. The van der Waals surface area contributed by atoms with Crippen molar-refractivity contribution in [1.82, 2.24) is 5.32 Å². The summed E-state index contributed by atoms with van der Waals surface area (Å²) in [6, 6.07) is 9.47. The van der Waals surface area contributed by atoms with E-state index in [4.69, 9.17) is 4.74 Å². The number of carbonyl (C=O) groups is 1. The molecule has 1 unspecified atom stereocenters. The molecule has 0 spiro atoms. The van der Waals surface area contributed by atoms with Gasteiger partial charge in [0, 0.05) is 6.54 Å². The van der Waals surface area contributed by atoms with E-state index in [0.717, 1.165) is 5.56 Å². The maximum atomic E-state index is 11.5. The van der Waals surface area contributed by atoms with Gasteiger partial charge in [0.2, 0.25) is 0 Å². The fraction of sp³-hybridized carbons (Fsp3) is 0.364. The van der Waals surface area contributed by atoms with E-state index < -0.39 is 0 Å². The van der Waals surface area contributed by atoms with E-state index in [1.54, 1.807) is 0 Å². The molecule has 15 heavy (non-hydrogen) atoms. The van der Waals surface area contributed by atoms with E-state index in [-0.39, 0.29) is 10.8 Å². The Kier molecular flexibility index (Phi) is 5.36. The van der Waals surface area contributed by atoms with Crippen LogP contribution in [0.1, 0.15) is 10.4 Å². The lowest BCUT2D eigenvalue weighted by atomic mass is 10.1. The first kappa shape index (κ1) is 12.2. The number of halogens is 1. The number of esters is 1. The first-order valence-corrected chi connectivity index (χ1v) is 5.67. The molecule has 0 aromatic heterocycles. The van der Waals surface area contributed by atoms with Crippen molar-refractivity contribution in [2.24, 2.45) is 0 Å². The van der Waals surface area contributed by atoms with Gasteiger partial charge in [-0.25, -0.2) is 0 Å². The lowest BCUT2D eigenvalue weighted by molar-refractivity contribution is -0.142. The summed E-state index contributed by atoms with van der Waals surface area (Å²) >= 11 is 3.31. The number of hydrogen-bond acceptors (Lipinski definition) is 3. The molecule has 0 fully saturated rings. The first-order valence-electron chi connectivity index (χ1n) is 4.76. The minimum atomic E-state index is -0.379. The second-order valence-corrected chi connectivity index (χ2v) is 3.96. The number of ether oxygens (including phenoxy) is 1. The lowest BCUT2D eigenvalue weighted by Gasteiger charge is -2.09. The molecule has 82 valence electrons. The number of benzene rings is 1. The predicted octanol–water partition coefficient (Wildman–Crippen LogP) is 1.89. The molecule has 0 bridgehead atoms. The lowest BCUT2D eigenvalue weighted by Crippen LogP contribution is -2.19. The minimum Gasteiger partial charge on any atom is -0.463 e. The Morgan fingerprint density at radius 1 is 1.47 bits per heavy atom. The van der Waals surface area contributed by atoms with Gasteiger partial charge in [-0.05, 0) is 12.6 Å². The van der Waals surface area contributed by atoms with Crippen LogP contribution in [-0.2, 0) is 9.53 Å². The highest BCUT2D eigenvalue weighted by molar-refractivity contribution is 9.09. The SMILES string of the molecule is CNCCOC(=O)C(Br)c1ccccc1. The van der Waals surface area contributed by atoms with Gasteiger partial charge in [0.1, 0.15) is 11.4 Å². The van der Waals surface area contributed by atoms with Crippen molar-refractivity contribution in [2.45, 2.75) is 4.83 Å². The second-order valence-electron chi connectivity index (χ2n) is 3.04.